The smallest absolute Gasteiger partial charge is 0.368 e. The van der Waals surface area contributed by atoms with Crippen molar-refractivity contribution in [1.29, 1.82) is 0 Å². The highest BCUT2D eigenvalue weighted by Crippen LogP contribution is 2.28. The summed E-state index contributed by atoms with van der Waals surface area (Å²) in [5, 5.41) is 0. The second-order valence-corrected chi connectivity index (χ2v) is 6.85. The van der Waals surface area contributed by atoms with E-state index in [0.29, 0.717) is 44.0 Å². The molecule has 2 heterocycles. The Labute approximate surface area is 165 Å². The standard InChI is InChI=1S/C20H20F3N3O3/c1-14(27)15-2-5-17(6-3-15)24-8-10-25(11-9-24)19(29)13-26-12-16(20(21,22)23)4-7-18(26)28/h2-7,12H,8-11,13H2,1H3. The number of carbonyl (C=O) groups is 2. The van der Waals surface area contributed by atoms with Crippen LogP contribution >= 0.6 is 0 Å². The number of halogens is 3. The summed E-state index contributed by atoms with van der Waals surface area (Å²) in [4.78, 5) is 39.2. The van der Waals surface area contributed by atoms with Crippen LogP contribution in [0.3, 0.4) is 0 Å². The Hall–Kier alpha value is -3.10. The van der Waals surface area contributed by atoms with Crippen LogP contribution in [0.2, 0.25) is 0 Å². The number of piperazine rings is 1. The van der Waals surface area contributed by atoms with Gasteiger partial charge in [-0.3, -0.25) is 14.4 Å². The SMILES string of the molecule is CC(=O)c1ccc(N2CCN(C(=O)Cn3cc(C(F)(F)F)ccc3=O)CC2)cc1. The van der Waals surface area contributed by atoms with Crippen molar-refractivity contribution in [2.75, 3.05) is 31.1 Å². The van der Waals surface area contributed by atoms with Gasteiger partial charge in [-0.05, 0) is 37.3 Å². The molecule has 1 saturated heterocycles. The first-order chi connectivity index (χ1) is 13.6. The Morgan fingerprint density at radius 1 is 0.966 bits per heavy atom. The van der Waals surface area contributed by atoms with E-state index in [1.807, 2.05) is 12.1 Å². The normalized spacial score (nSPS) is 14.8. The second-order valence-electron chi connectivity index (χ2n) is 6.85. The highest BCUT2D eigenvalue weighted by atomic mass is 19.4. The van der Waals surface area contributed by atoms with Gasteiger partial charge in [0.2, 0.25) is 5.91 Å². The molecule has 1 fully saturated rings. The lowest BCUT2D eigenvalue weighted by molar-refractivity contribution is -0.138. The molecule has 0 bridgehead atoms. The molecule has 29 heavy (non-hydrogen) atoms. The summed E-state index contributed by atoms with van der Waals surface area (Å²) in [5.74, 6) is -0.421. The van der Waals surface area contributed by atoms with Crippen LogP contribution in [0.1, 0.15) is 22.8 Å². The van der Waals surface area contributed by atoms with E-state index in [1.165, 1.54) is 11.8 Å². The molecule has 0 aliphatic carbocycles. The number of hydrogen-bond acceptors (Lipinski definition) is 4. The Morgan fingerprint density at radius 3 is 2.14 bits per heavy atom. The zero-order valence-corrected chi connectivity index (χ0v) is 15.8. The van der Waals surface area contributed by atoms with E-state index in [-0.39, 0.29) is 5.78 Å². The van der Waals surface area contributed by atoms with Gasteiger partial charge in [0.1, 0.15) is 6.54 Å². The molecule has 1 aromatic carbocycles. The van der Waals surface area contributed by atoms with Crippen LogP contribution in [-0.2, 0) is 17.5 Å². The molecule has 2 aromatic rings. The molecule has 3 rings (SSSR count). The monoisotopic (exact) mass is 407 g/mol. The number of anilines is 1. The van der Waals surface area contributed by atoms with Gasteiger partial charge in [-0.15, -0.1) is 0 Å². The molecule has 1 aliphatic heterocycles. The van der Waals surface area contributed by atoms with Crippen molar-refractivity contribution < 1.29 is 22.8 Å². The van der Waals surface area contributed by atoms with Gasteiger partial charge in [-0.25, -0.2) is 0 Å². The van der Waals surface area contributed by atoms with Crippen LogP contribution in [0.5, 0.6) is 0 Å². The van der Waals surface area contributed by atoms with Gasteiger partial charge in [-0.2, -0.15) is 13.2 Å². The van der Waals surface area contributed by atoms with Crippen molar-refractivity contribution in [1.82, 2.24) is 9.47 Å². The van der Waals surface area contributed by atoms with E-state index in [1.54, 1.807) is 12.1 Å². The number of alkyl halides is 3. The number of carbonyl (C=O) groups excluding carboxylic acids is 2. The average molecular weight is 407 g/mol. The number of amides is 1. The fourth-order valence-electron chi connectivity index (χ4n) is 3.19. The second kappa shape index (κ2) is 8.10. The lowest BCUT2D eigenvalue weighted by Crippen LogP contribution is -2.50. The van der Waals surface area contributed by atoms with Crippen molar-refractivity contribution in [2.45, 2.75) is 19.6 Å². The maximum atomic E-state index is 12.8. The zero-order valence-electron chi connectivity index (χ0n) is 15.8. The van der Waals surface area contributed by atoms with Gasteiger partial charge in [0.25, 0.3) is 5.56 Å². The van der Waals surface area contributed by atoms with Crippen molar-refractivity contribution >= 4 is 17.4 Å². The molecule has 0 N–H and O–H groups in total. The number of Topliss-reactive ketones (excluding diaryl/α,β-unsaturated/α-hetero) is 1. The summed E-state index contributed by atoms with van der Waals surface area (Å²) in [7, 11) is 0. The molecule has 0 atom stereocenters. The number of hydrogen-bond donors (Lipinski definition) is 0. The van der Waals surface area contributed by atoms with E-state index in [4.69, 9.17) is 0 Å². The van der Waals surface area contributed by atoms with Crippen LogP contribution in [0.15, 0.2) is 47.4 Å². The Balaban J connectivity index is 1.62. The minimum Gasteiger partial charge on any atom is -0.368 e. The molecular formula is C20H20F3N3O3. The molecule has 9 heteroatoms. The summed E-state index contributed by atoms with van der Waals surface area (Å²) in [5.41, 5.74) is -0.0791. The lowest BCUT2D eigenvalue weighted by atomic mass is 10.1. The van der Waals surface area contributed by atoms with Gasteiger partial charge >= 0.3 is 6.18 Å². The highest BCUT2D eigenvalue weighted by molar-refractivity contribution is 5.94. The van der Waals surface area contributed by atoms with E-state index < -0.39 is 29.8 Å². The molecule has 0 spiro atoms. The lowest BCUT2D eigenvalue weighted by Gasteiger charge is -2.36. The minimum atomic E-state index is -4.58. The van der Waals surface area contributed by atoms with E-state index in [2.05, 4.69) is 4.90 Å². The summed E-state index contributed by atoms with van der Waals surface area (Å²) in [6.45, 7) is 2.93. The molecule has 0 unspecified atom stereocenters. The summed E-state index contributed by atoms with van der Waals surface area (Å²) in [6, 6.07) is 8.70. The number of aromatic nitrogens is 1. The van der Waals surface area contributed by atoms with Crippen LogP contribution in [0, 0.1) is 0 Å². The Morgan fingerprint density at radius 2 is 1.59 bits per heavy atom. The topological polar surface area (TPSA) is 62.6 Å². The average Bonchev–Trinajstić information content (AvgIpc) is 2.69. The quantitative estimate of drug-likeness (QED) is 0.731. The molecule has 0 saturated carbocycles. The number of rotatable bonds is 4. The third-order valence-corrected chi connectivity index (χ3v) is 4.89. The van der Waals surface area contributed by atoms with Gasteiger partial charge in [0, 0.05) is 49.7 Å². The first kappa shape index (κ1) is 20.6. The van der Waals surface area contributed by atoms with E-state index >= 15 is 0 Å². The Kier molecular flexibility index (Phi) is 5.76. The highest BCUT2D eigenvalue weighted by Gasteiger charge is 2.31. The number of nitrogens with zero attached hydrogens (tertiary/aromatic N) is 3. The molecular weight excluding hydrogens is 387 g/mol. The van der Waals surface area contributed by atoms with Crippen molar-refractivity contribution in [3.8, 4) is 0 Å². The van der Waals surface area contributed by atoms with Crippen LogP contribution in [0.4, 0.5) is 18.9 Å². The fourth-order valence-corrected chi connectivity index (χ4v) is 3.19. The molecule has 1 amide bonds. The summed E-state index contributed by atoms with van der Waals surface area (Å²) >= 11 is 0. The third kappa shape index (κ3) is 4.85. The largest absolute Gasteiger partial charge is 0.417 e. The summed E-state index contributed by atoms with van der Waals surface area (Å²) in [6.07, 6.45) is -3.91. The number of benzene rings is 1. The van der Waals surface area contributed by atoms with Crippen molar-refractivity contribution in [2.24, 2.45) is 0 Å². The predicted octanol–water partition coefficient (Wildman–Crippen LogP) is 2.42. The molecule has 1 aliphatic rings. The van der Waals surface area contributed by atoms with Crippen molar-refractivity contribution in [3.05, 3.63) is 64.1 Å². The first-order valence-corrected chi connectivity index (χ1v) is 9.06. The minimum absolute atomic E-state index is 0.0169. The predicted molar refractivity (Wildman–Crippen MR) is 101 cm³/mol. The third-order valence-electron chi connectivity index (χ3n) is 4.89. The maximum absolute atomic E-state index is 12.8. The van der Waals surface area contributed by atoms with Gasteiger partial charge < -0.3 is 14.4 Å². The maximum Gasteiger partial charge on any atom is 0.417 e. The van der Waals surface area contributed by atoms with Gasteiger partial charge in [0.05, 0.1) is 5.56 Å². The van der Waals surface area contributed by atoms with Crippen molar-refractivity contribution in [3.63, 3.8) is 0 Å². The molecule has 6 nitrogen and oxygen atoms in total. The first-order valence-electron chi connectivity index (χ1n) is 9.06. The summed E-state index contributed by atoms with van der Waals surface area (Å²) < 4.78 is 39.3. The Bertz CT molecular complexity index is 959. The fraction of sp³-hybridized carbons (Fsp3) is 0.350. The van der Waals surface area contributed by atoms with Crippen LogP contribution in [0.25, 0.3) is 0 Å². The van der Waals surface area contributed by atoms with Gasteiger partial charge in [-0.1, -0.05) is 0 Å². The van der Waals surface area contributed by atoms with E-state index in [9.17, 15) is 27.6 Å². The molecule has 0 radical (unpaired) electrons. The van der Waals surface area contributed by atoms with E-state index in [0.717, 1.165) is 16.3 Å². The van der Waals surface area contributed by atoms with Crippen LogP contribution < -0.4 is 10.5 Å². The van der Waals surface area contributed by atoms with Crippen LogP contribution in [-0.4, -0.2) is 47.3 Å². The zero-order chi connectivity index (χ0) is 21.2. The number of pyridine rings is 1. The molecule has 154 valence electrons. The number of ketones is 1. The molecule has 1 aromatic heterocycles. The van der Waals surface area contributed by atoms with Gasteiger partial charge in [0.15, 0.2) is 5.78 Å².